The number of nitrogens with zero attached hydrogens (tertiary/aromatic N) is 1. The quantitative estimate of drug-likeness (QED) is 0.402. The van der Waals surface area contributed by atoms with E-state index in [0.29, 0.717) is 55.8 Å². The van der Waals surface area contributed by atoms with Gasteiger partial charge in [0, 0.05) is 62.3 Å². The van der Waals surface area contributed by atoms with Crippen LogP contribution in [0.4, 0.5) is 4.39 Å². The summed E-state index contributed by atoms with van der Waals surface area (Å²) in [6, 6.07) is 3.93. The number of likely N-dealkylation sites (tertiary alicyclic amines) is 1. The summed E-state index contributed by atoms with van der Waals surface area (Å²) in [5, 5.41) is 9.04. The van der Waals surface area contributed by atoms with Crippen molar-refractivity contribution in [3.63, 3.8) is 0 Å². The number of rotatable bonds is 10. The van der Waals surface area contributed by atoms with Crippen LogP contribution in [0.2, 0.25) is 5.02 Å². The summed E-state index contributed by atoms with van der Waals surface area (Å²) in [6.07, 6.45) is 2.56. The van der Waals surface area contributed by atoms with Gasteiger partial charge in [0.05, 0.1) is 5.92 Å². The van der Waals surface area contributed by atoms with E-state index in [1.165, 1.54) is 6.07 Å². The Morgan fingerprint density at radius 2 is 1.85 bits per heavy atom. The van der Waals surface area contributed by atoms with Crippen molar-refractivity contribution in [3.05, 3.63) is 34.6 Å². The lowest BCUT2D eigenvalue weighted by molar-refractivity contribution is -0.129. The molecule has 0 radical (unpaired) electrons. The third kappa shape index (κ3) is 9.15. The minimum absolute atomic E-state index is 0.159. The zero-order valence-corrected chi connectivity index (χ0v) is 24.6. The number of nitrogens with one attached hydrogen (secondary N) is 3. The van der Waals surface area contributed by atoms with E-state index in [9.17, 15) is 18.8 Å². The highest BCUT2D eigenvalue weighted by atomic mass is 35.5. The fourth-order valence-corrected chi connectivity index (χ4v) is 5.62. The Labute approximate surface area is 236 Å². The van der Waals surface area contributed by atoms with Gasteiger partial charge in [-0.3, -0.25) is 19.3 Å². The fourth-order valence-electron chi connectivity index (χ4n) is 5.46. The molecule has 0 unspecified atom stereocenters. The molecule has 0 spiro atoms. The van der Waals surface area contributed by atoms with Crippen molar-refractivity contribution in [2.45, 2.75) is 84.3 Å². The van der Waals surface area contributed by atoms with Gasteiger partial charge in [-0.25, -0.2) is 4.39 Å². The van der Waals surface area contributed by atoms with Gasteiger partial charge < -0.3 is 20.7 Å². The van der Waals surface area contributed by atoms with Gasteiger partial charge in [0.2, 0.25) is 17.7 Å². The molecular formula is C29H44ClFN4O4. The Bertz CT molecular complexity index is 1010. The molecule has 2 aliphatic heterocycles. The molecule has 0 saturated carbocycles. The predicted octanol–water partition coefficient (Wildman–Crippen LogP) is 3.63. The zero-order chi connectivity index (χ0) is 28.7. The second kappa shape index (κ2) is 13.9. The standard InChI is InChI=1S/C29H44ClFN4O4/c1-6-26(36)34-25(14-29(3,4)5)28(38)32-15-18(2)33-27(37)23-17-35(20-9-11-39-12-10-20)16-22(23)21-8-7-19(30)13-24(21)31/h7-8,13,18,20,22-23,25H,6,9-12,14-17H2,1-5H3,(H,32,38)(H,33,37)(H,34,36)/t18-,22-,23+,25-/m0/s1. The Kier molecular flexibility index (Phi) is 11.2. The maximum absolute atomic E-state index is 15.0. The molecule has 8 nitrogen and oxygen atoms in total. The number of hydrogen-bond acceptors (Lipinski definition) is 5. The second-order valence-electron chi connectivity index (χ2n) is 12.1. The molecule has 2 aliphatic rings. The van der Waals surface area contributed by atoms with Crippen LogP contribution in [-0.4, -0.2) is 73.6 Å². The van der Waals surface area contributed by atoms with Crippen molar-refractivity contribution in [2.75, 3.05) is 32.8 Å². The zero-order valence-electron chi connectivity index (χ0n) is 23.8. The van der Waals surface area contributed by atoms with E-state index in [2.05, 4.69) is 20.9 Å². The first-order chi connectivity index (χ1) is 18.4. The van der Waals surface area contributed by atoms with Crippen LogP contribution >= 0.6 is 11.6 Å². The lowest BCUT2D eigenvalue weighted by Gasteiger charge is -2.31. The van der Waals surface area contributed by atoms with E-state index in [0.717, 1.165) is 12.8 Å². The Morgan fingerprint density at radius 3 is 2.46 bits per heavy atom. The van der Waals surface area contributed by atoms with E-state index in [1.807, 2.05) is 27.7 Å². The normalized spacial score (nSPS) is 22.2. The van der Waals surface area contributed by atoms with Gasteiger partial charge in [0.1, 0.15) is 11.9 Å². The number of benzene rings is 1. The van der Waals surface area contributed by atoms with E-state index >= 15 is 0 Å². The molecule has 0 aliphatic carbocycles. The highest BCUT2D eigenvalue weighted by molar-refractivity contribution is 6.30. The van der Waals surface area contributed by atoms with Gasteiger partial charge in [-0.2, -0.15) is 0 Å². The first-order valence-corrected chi connectivity index (χ1v) is 14.4. The van der Waals surface area contributed by atoms with Gasteiger partial charge in [0.25, 0.3) is 0 Å². The van der Waals surface area contributed by atoms with Crippen LogP contribution in [0, 0.1) is 17.2 Å². The van der Waals surface area contributed by atoms with Gasteiger partial charge in [-0.15, -0.1) is 0 Å². The predicted molar refractivity (Wildman–Crippen MR) is 150 cm³/mol. The maximum Gasteiger partial charge on any atom is 0.242 e. The van der Waals surface area contributed by atoms with E-state index in [4.69, 9.17) is 16.3 Å². The largest absolute Gasteiger partial charge is 0.381 e. The Balaban J connectivity index is 1.65. The summed E-state index contributed by atoms with van der Waals surface area (Å²) in [7, 11) is 0. The first-order valence-electron chi connectivity index (χ1n) is 14.0. The van der Waals surface area contributed by atoms with Crippen molar-refractivity contribution < 1.29 is 23.5 Å². The third-order valence-electron chi connectivity index (χ3n) is 7.51. The van der Waals surface area contributed by atoms with Crippen molar-refractivity contribution in [1.29, 1.82) is 0 Å². The summed E-state index contributed by atoms with van der Waals surface area (Å²) in [6.45, 7) is 12.3. The second-order valence-corrected chi connectivity index (χ2v) is 12.5. The molecule has 3 rings (SSSR count). The van der Waals surface area contributed by atoms with Crippen LogP contribution in [0.3, 0.4) is 0 Å². The lowest BCUT2D eigenvalue weighted by Crippen LogP contribution is -2.51. The molecule has 1 aromatic rings. The minimum atomic E-state index is -0.652. The number of ether oxygens (including phenoxy) is 1. The number of hydrogen-bond donors (Lipinski definition) is 3. The molecule has 2 saturated heterocycles. The third-order valence-corrected chi connectivity index (χ3v) is 7.75. The highest BCUT2D eigenvalue weighted by Gasteiger charge is 2.42. The monoisotopic (exact) mass is 566 g/mol. The molecule has 1 aromatic carbocycles. The first kappa shape index (κ1) is 31.3. The molecule has 4 atom stereocenters. The van der Waals surface area contributed by atoms with E-state index < -0.39 is 17.8 Å². The molecule has 39 heavy (non-hydrogen) atoms. The van der Waals surface area contributed by atoms with Crippen LogP contribution in [0.25, 0.3) is 0 Å². The van der Waals surface area contributed by atoms with Gasteiger partial charge in [-0.1, -0.05) is 45.4 Å². The summed E-state index contributed by atoms with van der Waals surface area (Å²) in [5.74, 6) is -1.79. The molecular weight excluding hydrogens is 523 g/mol. The lowest BCUT2D eigenvalue weighted by atomic mass is 9.87. The van der Waals surface area contributed by atoms with E-state index in [-0.39, 0.29) is 41.6 Å². The summed E-state index contributed by atoms with van der Waals surface area (Å²) in [4.78, 5) is 40.7. The molecule has 2 heterocycles. The Hall–Kier alpha value is -2.23. The Morgan fingerprint density at radius 1 is 1.15 bits per heavy atom. The summed E-state index contributed by atoms with van der Waals surface area (Å²) < 4.78 is 20.5. The van der Waals surface area contributed by atoms with Gasteiger partial charge in [0.15, 0.2) is 0 Å². The molecule has 2 fully saturated rings. The van der Waals surface area contributed by atoms with Gasteiger partial charge in [-0.05, 0) is 49.3 Å². The number of halogens is 2. The van der Waals surface area contributed by atoms with Crippen LogP contribution in [0.1, 0.15) is 71.8 Å². The average molecular weight is 567 g/mol. The molecule has 218 valence electrons. The minimum Gasteiger partial charge on any atom is -0.381 e. The SMILES string of the molecule is CCC(=O)N[C@@H](CC(C)(C)C)C(=O)NC[C@H](C)NC(=O)[C@@H]1CN(C2CCOCC2)C[C@H]1c1ccc(Cl)cc1F. The number of carbonyl (C=O) groups excluding carboxylic acids is 3. The van der Waals surface area contributed by atoms with Crippen LogP contribution in [-0.2, 0) is 19.1 Å². The molecule has 0 aromatic heterocycles. The summed E-state index contributed by atoms with van der Waals surface area (Å²) >= 11 is 5.99. The smallest absolute Gasteiger partial charge is 0.242 e. The molecule has 3 amide bonds. The highest BCUT2D eigenvalue weighted by Crippen LogP contribution is 2.37. The van der Waals surface area contributed by atoms with Crippen LogP contribution in [0.5, 0.6) is 0 Å². The topological polar surface area (TPSA) is 99.8 Å². The maximum atomic E-state index is 15.0. The molecule has 3 N–H and O–H groups in total. The molecule has 0 bridgehead atoms. The van der Waals surface area contributed by atoms with Crippen molar-refractivity contribution in [2.24, 2.45) is 11.3 Å². The fraction of sp³-hybridized carbons (Fsp3) is 0.690. The van der Waals surface area contributed by atoms with Crippen molar-refractivity contribution in [1.82, 2.24) is 20.9 Å². The van der Waals surface area contributed by atoms with Crippen LogP contribution in [0.15, 0.2) is 18.2 Å². The van der Waals surface area contributed by atoms with Gasteiger partial charge >= 0.3 is 0 Å². The van der Waals surface area contributed by atoms with E-state index in [1.54, 1.807) is 19.1 Å². The van der Waals surface area contributed by atoms with Crippen LogP contribution < -0.4 is 16.0 Å². The number of carbonyl (C=O) groups is 3. The summed E-state index contributed by atoms with van der Waals surface area (Å²) in [5.41, 5.74) is 0.333. The van der Waals surface area contributed by atoms with Crippen molar-refractivity contribution >= 4 is 29.3 Å². The average Bonchev–Trinajstić information content (AvgIpc) is 3.32. The number of amides is 3. The molecule has 10 heteroatoms. The van der Waals surface area contributed by atoms with Crippen molar-refractivity contribution in [3.8, 4) is 0 Å².